The van der Waals surface area contributed by atoms with Crippen LogP contribution in [0.25, 0.3) is 11.1 Å². The largest absolute Gasteiger partial charge is 2.00 e. The van der Waals surface area contributed by atoms with E-state index in [1.54, 1.807) is 0 Å². The van der Waals surface area contributed by atoms with Gasteiger partial charge in [-0.05, 0) is 128 Å². The van der Waals surface area contributed by atoms with Gasteiger partial charge in [-0.2, -0.15) is 48.2 Å². The number of rotatable bonds is 4. The van der Waals surface area contributed by atoms with Gasteiger partial charge in [0, 0.05) is 0 Å². The Labute approximate surface area is 277 Å². The predicted octanol–water partition coefficient (Wildman–Crippen LogP) is 8.63. The van der Waals surface area contributed by atoms with Gasteiger partial charge in [0.05, 0.1) is 0 Å². The van der Waals surface area contributed by atoms with Gasteiger partial charge in [-0.3, -0.25) is 12.2 Å². The van der Waals surface area contributed by atoms with E-state index in [-0.39, 0.29) is 52.4 Å². The average Bonchev–Trinajstić information content (AvgIpc) is 3.76. The number of allylic oxidation sites excluding steroid dienone is 4. The molecule has 0 aromatic heterocycles. The molecule has 0 saturated heterocycles. The molecular formula is C36H38Zr2. The first-order valence-electron chi connectivity index (χ1n) is 12.2. The van der Waals surface area contributed by atoms with Crippen LogP contribution in [0.1, 0.15) is 37.8 Å². The second-order valence-electron chi connectivity index (χ2n) is 7.38. The Kier molecular flexibility index (Phi) is 32.5. The molecule has 190 valence electrons. The first-order valence-corrected chi connectivity index (χ1v) is 12.2. The second-order valence-corrected chi connectivity index (χ2v) is 7.38. The zero-order valence-electron chi connectivity index (χ0n) is 22.7. The van der Waals surface area contributed by atoms with Crippen molar-refractivity contribution in [1.29, 1.82) is 0 Å². The van der Waals surface area contributed by atoms with Gasteiger partial charge < -0.3 is 13.8 Å². The molecule has 0 heterocycles. The molecule has 0 bridgehead atoms. The van der Waals surface area contributed by atoms with E-state index in [1.807, 2.05) is 142 Å². The Morgan fingerprint density at radius 3 is 0.684 bits per heavy atom. The van der Waals surface area contributed by atoms with Gasteiger partial charge in [-0.1, -0.05) is 0 Å². The summed E-state index contributed by atoms with van der Waals surface area (Å²) in [6.07, 6.45) is 47.9. The third kappa shape index (κ3) is 21.2. The summed E-state index contributed by atoms with van der Waals surface area (Å²) in [5, 5.41) is 0. The molecule has 0 N–H and O–H groups in total. The summed E-state index contributed by atoms with van der Waals surface area (Å²) in [5.41, 5.74) is 4.71. The van der Waals surface area contributed by atoms with Crippen molar-refractivity contribution in [1.82, 2.24) is 0 Å². The van der Waals surface area contributed by atoms with Crippen LogP contribution >= 0.6 is 0 Å². The molecule has 0 amide bonds. The Balaban J connectivity index is 0. The zero-order valence-corrected chi connectivity index (χ0v) is 27.6. The summed E-state index contributed by atoms with van der Waals surface area (Å²) in [5.74, 6) is 0. The van der Waals surface area contributed by atoms with Crippen LogP contribution < -0.4 is 0 Å². The molecule has 0 atom stereocenters. The van der Waals surface area contributed by atoms with Gasteiger partial charge in [0.25, 0.3) is 0 Å². The molecule has 0 spiro atoms. The molecule has 38 heavy (non-hydrogen) atoms. The van der Waals surface area contributed by atoms with E-state index >= 15 is 0 Å². The van der Waals surface area contributed by atoms with E-state index in [0.29, 0.717) is 0 Å². The smallest absolute Gasteiger partial charge is 0.342 e. The maximum absolute atomic E-state index is 3.90. The van der Waals surface area contributed by atoms with Crippen LogP contribution in [-0.2, 0) is 52.4 Å². The molecule has 20 radical (unpaired) electrons. The Bertz CT molecular complexity index is 546. The van der Waals surface area contributed by atoms with E-state index in [0.717, 1.165) is 24.0 Å². The Hall–Kier alpha value is 0.466. The van der Waals surface area contributed by atoms with Crippen LogP contribution in [0.4, 0.5) is 0 Å². The summed E-state index contributed by atoms with van der Waals surface area (Å²) in [4.78, 5) is 0. The minimum absolute atomic E-state index is 0. The van der Waals surface area contributed by atoms with Crippen molar-refractivity contribution in [2.75, 3.05) is 0 Å². The van der Waals surface area contributed by atoms with Crippen LogP contribution in [0, 0.1) is 154 Å². The summed E-state index contributed by atoms with van der Waals surface area (Å²) < 4.78 is 0. The van der Waals surface area contributed by atoms with Crippen molar-refractivity contribution >= 4 is 11.1 Å². The quantitative estimate of drug-likeness (QED) is 0.286. The number of benzene rings is 1. The van der Waals surface area contributed by atoms with Crippen LogP contribution in [-0.4, -0.2) is 0 Å². The van der Waals surface area contributed by atoms with Crippen molar-refractivity contribution < 1.29 is 52.4 Å². The fourth-order valence-electron chi connectivity index (χ4n) is 2.98. The van der Waals surface area contributed by atoms with Crippen LogP contribution in [0.15, 0.2) is 24.3 Å². The van der Waals surface area contributed by atoms with Crippen molar-refractivity contribution in [2.24, 2.45) is 0 Å². The number of hydrogen-bond acceptors (Lipinski definition) is 0. The van der Waals surface area contributed by atoms with E-state index in [9.17, 15) is 0 Å². The van der Waals surface area contributed by atoms with Gasteiger partial charge >= 0.3 is 52.4 Å². The van der Waals surface area contributed by atoms with E-state index in [4.69, 9.17) is 0 Å². The molecule has 0 unspecified atom stereocenters. The first-order chi connectivity index (χ1) is 17.8. The molecule has 1 aromatic carbocycles. The van der Waals surface area contributed by atoms with Crippen molar-refractivity contribution in [2.45, 2.75) is 26.7 Å². The Morgan fingerprint density at radius 1 is 0.421 bits per heavy atom. The fourth-order valence-corrected chi connectivity index (χ4v) is 2.98. The molecule has 4 aliphatic carbocycles. The summed E-state index contributed by atoms with van der Waals surface area (Å²) in [7, 11) is 0. The van der Waals surface area contributed by atoms with Gasteiger partial charge in [0.1, 0.15) is 0 Å². The predicted molar refractivity (Wildman–Crippen MR) is 157 cm³/mol. The first kappa shape index (κ1) is 40.6. The standard InChI is InChI=1S/C16H18.4C5H5.2Zr/c1-5-13(6-2)15-9-11-16(12-10-15)14(7-3)8-4;4*1-2-4-5-3-1;;/h9-12H,1,3,5,7H2,2,4H3;4*1-5H;;/q-4;;;;;2*+2. The third-order valence-electron chi connectivity index (χ3n) is 4.91. The van der Waals surface area contributed by atoms with Gasteiger partial charge in [0.2, 0.25) is 0 Å². The second kappa shape index (κ2) is 30.4. The average molecular weight is 653 g/mol. The molecule has 2 heteroatoms. The van der Waals surface area contributed by atoms with Crippen molar-refractivity contribution in [3.8, 4) is 0 Å². The molecule has 4 saturated carbocycles. The maximum atomic E-state index is 3.90. The number of hydrogen-bond donors (Lipinski definition) is 0. The normalized spacial score (nSPS) is 18.1. The Morgan fingerprint density at radius 2 is 0.579 bits per heavy atom. The summed E-state index contributed by atoms with van der Waals surface area (Å²) >= 11 is 0. The van der Waals surface area contributed by atoms with Crippen LogP contribution in [0.2, 0.25) is 0 Å². The molecule has 5 rings (SSSR count). The van der Waals surface area contributed by atoms with Gasteiger partial charge in [-0.15, -0.1) is 13.8 Å². The fraction of sp³-hybridized carbons (Fsp3) is 0.111. The zero-order chi connectivity index (χ0) is 26.1. The van der Waals surface area contributed by atoms with Crippen LogP contribution in [0.3, 0.4) is 0 Å². The van der Waals surface area contributed by atoms with Crippen LogP contribution in [0.5, 0.6) is 0 Å². The van der Waals surface area contributed by atoms with E-state index < -0.39 is 0 Å². The van der Waals surface area contributed by atoms with Gasteiger partial charge in [-0.25, -0.2) is 11.1 Å². The topological polar surface area (TPSA) is 0 Å². The summed E-state index contributed by atoms with van der Waals surface area (Å²) in [6.45, 7) is 11.6. The minimum Gasteiger partial charge on any atom is -0.342 e. The van der Waals surface area contributed by atoms with E-state index in [2.05, 4.69) is 50.3 Å². The molecule has 4 fully saturated rings. The van der Waals surface area contributed by atoms with E-state index in [1.165, 1.54) is 11.1 Å². The van der Waals surface area contributed by atoms with Crippen molar-refractivity contribution in [3.05, 3.63) is 190 Å². The molecule has 0 aliphatic heterocycles. The molecule has 0 nitrogen and oxygen atoms in total. The molecule has 4 aliphatic rings. The monoisotopic (exact) mass is 650 g/mol. The molecular weight excluding hydrogens is 615 g/mol. The maximum Gasteiger partial charge on any atom is 2.00 e. The SMILES string of the molecule is [CH2-]CC(=[C-]C)c1ccc(C(=[C-]C)C[CH2-])cc1.[CH]1[CH][CH][CH][CH]1.[CH]1[CH][CH][CH][CH]1.[CH]1[CH][CH][CH][CH]1.[CH]1[CH][CH][CH][CH]1.[Zr+2].[Zr+2]. The molecule has 1 aromatic rings. The van der Waals surface area contributed by atoms with Crippen molar-refractivity contribution in [3.63, 3.8) is 0 Å². The van der Waals surface area contributed by atoms with Gasteiger partial charge in [0.15, 0.2) is 0 Å². The summed E-state index contributed by atoms with van der Waals surface area (Å²) in [6, 6.07) is 8.44. The minimum atomic E-state index is 0. The third-order valence-corrected chi connectivity index (χ3v) is 4.91.